The van der Waals surface area contributed by atoms with Gasteiger partial charge in [-0.15, -0.1) is 0 Å². The largest absolute Gasteiger partial charge is 0.303 e. The van der Waals surface area contributed by atoms with E-state index in [0.29, 0.717) is 0 Å². The van der Waals surface area contributed by atoms with E-state index in [-0.39, 0.29) is 0 Å². The normalized spacial score (nSPS) is 22.4. The van der Waals surface area contributed by atoms with Gasteiger partial charge in [0.2, 0.25) is 0 Å². The summed E-state index contributed by atoms with van der Waals surface area (Å²) >= 11 is 0. The van der Waals surface area contributed by atoms with Crippen molar-refractivity contribution < 1.29 is 0 Å². The van der Waals surface area contributed by atoms with Crippen LogP contribution in [0.3, 0.4) is 0 Å². The van der Waals surface area contributed by atoms with E-state index >= 15 is 0 Å². The van der Waals surface area contributed by atoms with Gasteiger partial charge in [0.1, 0.15) is 0 Å². The molecule has 0 aliphatic carbocycles. The van der Waals surface area contributed by atoms with Gasteiger partial charge < -0.3 is 9.80 Å². The molecule has 2 aliphatic heterocycles. The zero-order valence-electron chi connectivity index (χ0n) is 15.8. The van der Waals surface area contributed by atoms with E-state index < -0.39 is 0 Å². The summed E-state index contributed by atoms with van der Waals surface area (Å²) in [6, 6.07) is 0. The summed E-state index contributed by atoms with van der Waals surface area (Å²) in [6.45, 7) is 21.4. The fourth-order valence-corrected chi connectivity index (χ4v) is 3.83. The summed E-state index contributed by atoms with van der Waals surface area (Å²) in [5, 5.41) is 0. The summed E-state index contributed by atoms with van der Waals surface area (Å²) in [6.07, 6.45) is 4.06. The van der Waals surface area contributed by atoms with Gasteiger partial charge in [0.25, 0.3) is 0 Å². The third-order valence-electron chi connectivity index (χ3n) is 5.30. The van der Waals surface area contributed by atoms with Crippen LogP contribution in [0.4, 0.5) is 0 Å². The lowest BCUT2D eigenvalue weighted by molar-refractivity contribution is -0.0345. The second-order valence-corrected chi connectivity index (χ2v) is 7.18. The van der Waals surface area contributed by atoms with Gasteiger partial charge in [-0.3, -0.25) is 14.7 Å². The first kappa shape index (κ1) is 19.1. The number of likely N-dealkylation sites (N-methyl/N-ethyl adjacent to an activating group) is 1. The molecule has 5 nitrogen and oxygen atoms in total. The predicted molar refractivity (Wildman–Crippen MR) is 98.5 cm³/mol. The van der Waals surface area contributed by atoms with Crippen LogP contribution in [-0.2, 0) is 0 Å². The Morgan fingerprint density at radius 3 is 1.74 bits per heavy atom. The quantitative estimate of drug-likeness (QED) is 0.605. The number of likely N-dealkylation sites (tertiary alicyclic amines) is 1. The lowest BCUT2D eigenvalue weighted by Gasteiger charge is -2.43. The van der Waals surface area contributed by atoms with Crippen LogP contribution in [0.25, 0.3) is 0 Å². The van der Waals surface area contributed by atoms with E-state index in [4.69, 9.17) is 0 Å². The number of rotatable bonds is 10. The highest BCUT2D eigenvalue weighted by Gasteiger charge is 2.23. The van der Waals surface area contributed by atoms with Crippen molar-refractivity contribution >= 4 is 0 Å². The molecular weight excluding hydrogens is 286 g/mol. The third-order valence-corrected chi connectivity index (χ3v) is 5.30. The Labute approximate surface area is 144 Å². The minimum Gasteiger partial charge on any atom is -0.303 e. The maximum Gasteiger partial charge on any atom is 0.0531 e. The maximum atomic E-state index is 2.65. The highest BCUT2D eigenvalue weighted by Crippen LogP contribution is 2.11. The smallest absolute Gasteiger partial charge is 0.0531 e. The van der Waals surface area contributed by atoms with Crippen molar-refractivity contribution in [2.24, 2.45) is 0 Å². The molecule has 0 N–H and O–H groups in total. The highest BCUT2D eigenvalue weighted by molar-refractivity contribution is 4.73. The van der Waals surface area contributed by atoms with Crippen LogP contribution >= 0.6 is 0 Å². The van der Waals surface area contributed by atoms with Crippen molar-refractivity contribution in [3.8, 4) is 0 Å². The zero-order valence-corrected chi connectivity index (χ0v) is 15.8. The van der Waals surface area contributed by atoms with E-state index in [1.54, 1.807) is 0 Å². The lowest BCUT2D eigenvalue weighted by Crippen LogP contribution is -2.57. The van der Waals surface area contributed by atoms with Gasteiger partial charge in [0.15, 0.2) is 0 Å². The minimum atomic E-state index is 1.15. The first-order chi connectivity index (χ1) is 11.2. The van der Waals surface area contributed by atoms with Crippen molar-refractivity contribution in [1.82, 2.24) is 24.5 Å². The van der Waals surface area contributed by atoms with Gasteiger partial charge in [0, 0.05) is 32.7 Å². The Balaban J connectivity index is 1.78. The molecule has 2 heterocycles. The summed E-state index contributed by atoms with van der Waals surface area (Å²) < 4.78 is 0. The van der Waals surface area contributed by atoms with Gasteiger partial charge in [0.05, 0.1) is 20.0 Å². The number of hydrogen-bond donors (Lipinski definition) is 0. The molecule has 0 radical (unpaired) electrons. The van der Waals surface area contributed by atoms with Crippen LogP contribution < -0.4 is 0 Å². The molecule has 0 amide bonds. The molecule has 0 aromatic carbocycles. The molecule has 0 aromatic heterocycles. The van der Waals surface area contributed by atoms with Crippen LogP contribution in [0.2, 0.25) is 0 Å². The first-order valence-corrected chi connectivity index (χ1v) is 9.86. The summed E-state index contributed by atoms with van der Waals surface area (Å²) in [5.74, 6) is 0. The molecule has 0 atom stereocenters. The van der Waals surface area contributed by atoms with Gasteiger partial charge in [-0.1, -0.05) is 20.8 Å². The Kier molecular flexibility index (Phi) is 8.83. The summed E-state index contributed by atoms with van der Waals surface area (Å²) in [5.41, 5.74) is 0. The Hall–Kier alpha value is -0.200. The molecule has 0 bridgehead atoms. The van der Waals surface area contributed by atoms with Gasteiger partial charge in [-0.25, -0.2) is 0 Å². The lowest BCUT2D eigenvalue weighted by atomic mass is 10.3. The van der Waals surface area contributed by atoms with Crippen molar-refractivity contribution in [3.05, 3.63) is 0 Å². The molecule has 0 spiro atoms. The van der Waals surface area contributed by atoms with Crippen LogP contribution in [0.1, 0.15) is 40.0 Å². The van der Waals surface area contributed by atoms with Crippen molar-refractivity contribution in [1.29, 1.82) is 0 Å². The molecular formula is C18H39N5. The van der Waals surface area contributed by atoms with Gasteiger partial charge >= 0.3 is 0 Å². The molecule has 23 heavy (non-hydrogen) atoms. The second-order valence-electron chi connectivity index (χ2n) is 7.18. The third kappa shape index (κ3) is 6.67. The maximum absolute atomic E-state index is 2.65. The first-order valence-electron chi connectivity index (χ1n) is 9.86. The molecule has 5 heteroatoms. The van der Waals surface area contributed by atoms with Crippen molar-refractivity contribution in [3.63, 3.8) is 0 Å². The summed E-state index contributed by atoms with van der Waals surface area (Å²) in [4.78, 5) is 13.1. The summed E-state index contributed by atoms with van der Waals surface area (Å²) in [7, 11) is 0. The van der Waals surface area contributed by atoms with Crippen LogP contribution in [-0.4, -0.2) is 103 Å². The standard InChI is InChI=1S/C18H39N5/c1-4-9-21-16-22(14-12-19(5-2)6-3)18-23(17-21)15-13-20-10-7-8-11-20/h4-18H2,1-3H3. The number of hydrogen-bond acceptors (Lipinski definition) is 5. The molecule has 136 valence electrons. The topological polar surface area (TPSA) is 16.2 Å². The average Bonchev–Trinajstić information content (AvgIpc) is 3.08. The Morgan fingerprint density at radius 2 is 1.17 bits per heavy atom. The minimum absolute atomic E-state index is 1.15. The van der Waals surface area contributed by atoms with Crippen molar-refractivity contribution in [2.45, 2.75) is 40.0 Å². The molecule has 0 saturated carbocycles. The average molecular weight is 326 g/mol. The zero-order chi connectivity index (χ0) is 16.5. The highest BCUT2D eigenvalue weighted by atomic mass is 15.5. The van der Waals surface area contributed by atoms with Crippen molar-refractivity contribution in [2.75, 3.05) is 78.9 Å². The second kappa shape index (κ2) is 10.6. The van der Waals surface area contributed by atoms with Gasteiger partial charge in [-0.2, -0.15) is 0 Å². The van der Waals surface area contributed by atoms with E-state index in [1.807, 2.05) is 0 Å². The fourth-order valence-electron chi connectivity index (χ4n) is 3.83. The van der Waals surface area contributed by atoms with E-state index in [0.717, 1.165) is 20.0 Å². The molecule has 0 unspecified atom stereocenters. The fraction of sp³-hybridized carbons (Fsp3) is 1.00. The van der Waals surface area contributed by atoms with Gasteiger partial charge in [-0.05, 0) is 45.4 Å². The van der Waals surface area contributed by atoms with Crippen LogP contribution in [0.15, 0.2) is 0 Å². The molecule has 2 fully saturated rings. The van der Waals surface area contributed by atoms with E-state index in [1.165, 1.54) is 78.2 Å². The van der Waals surface area contributed by atoms with E-state index in [2.05, 4.69) is 45.3 Å². The molecule has 2 aliphatic rings. The SMILES string of the molecule is CCCN1CN(CCN(CC)CC)CN(CCN2CCCC2)C1. The van der Waals surface area contributed by atoms with Crippen LogP contribution in [0.5, 0.6) is 0 Å². The molecule has 2 rings (SSSR count). The molecule has 2 saturated heterocycles. The van der Waals surface area contributed by atoms with Crippen LogP contribution in [0, 0.1) is 0 Å². The van der Waals surface area contributed by atoms with E-state index in [9.17, 15) is 0 Å². The predicted octanol–water partition coefficient (Wildman–Crippen LogP) is 1.63. The molecule has 0 aromatic rings. The number of nitrogens with zero attached hydrogens (tertiary/aromatic N) is 5. The monoisotopic (exact) mass is 325 g/mol. The Bertz CT molecular complexity index is 288. The Morgan fingerprint density at radius 1 is 0.652 bits per heavy atom.